The second kappa shape index (κ2) is 10.7. The Kier molecular flexibility index (Phi) is 10.2. The van der Waals surface area contributed by atoms with Crippen molar-refractivity contribution in [2.75, 3.05) is 33.0 Å². The highest BCUT2D eigenvalue weighted by atomic mass is 16.9. The number of carbonyl (C=O) groups excluding carboxylic acids is 1. The monoisotopic (exact) mass is 304 g/mol. The fourth-order valence-corrected chi connectivity index (χ4v) is 1.41. The first-order valence-electron chi connectivity index (χ1n) is 7.23. The minimum Gasteiger partial charge on any atom is -0.460 e. The van der Waals surface area contributed by atoms with E-state index >= 15 is 0 Å². The summed E-state index contributed by atoms with van der Waals surface area (Å²) in [5.41, 5.74) is 0.346. The molecule has 0 spiro atoms. The van der Waals surface area contributed by atoms with Crippen LogP contribution in [-0.2, 0) is 28.5 Å². The van der Waals surface area contributed by atoms with E-state index in [9.17, 15) is 4.79 Å². The summed E-state index contributed by atoms with van der Waals surface area (Å²) in [6.45, 7) is 13.8. The summed E-state index contributed by atoms with van der Waals surface area (Å²) >= 11 is 0. The molecule has 0 saturated carbocycles. The van der Waals surface area contributed by atoms with E-state index in [4.69, 9.17) is 23.7 Å². The van der Waals surface area contributed by atoms with Crippen molar-refractivity contribution < 1.29 is 28.5 Å². The molecule has 0 atom stereocenters. The molecular formula is C15H28O6. The van der Waals surface area contributed by atoms with Crippen LogP contribution in [0.4, 0.5) is 0 Å². The molecule has 0 aromatic carbocycles. The molecule has 0 unspecified atom stereocenters. The summed E-state index contributed by atoms with van der Waals surface area (Å²) in [4.78, 5) is 11.3. The molecular weight excluding hydrogens is 276 g/mol. The molecule has 0 bridgehead atoms. The van der Waals surface area contributed by atoms with Gasteiger partial charge in [-0.3, -0.25) is 0 Å². The third-order valence-electron chi connectivity index (χ3n) is 2.31. The average molecular weight is 304 g/mol. The Labute approximate surface area is 127 Å². The molecule has 21 heavy (non-hydrogen) atoms. The van der Waals surface area contributed by atoms with E-state index < -0.39 is 11.9 Å². The van der Waals surface area contributed by atoms with Crippen molar-refractivity contribution in [2.45, 2.75) is 46.7 Å². The zero-order valence-electron chi connectivity index (χ0n) is 13.8. The zero-order valence-corrected chi connectivity index (χ0v) is 13.8. The Balaban J connectivity index is 4.42. The van der Waals surface area contributed by atoms with Gasteiger partial charge < -0.3 is 23.7 Å². The Morgan fingerprint density at radius 3 is 2.10 bits per heavy atom. The van der Waals surface area contributed by atoms with Crippen LogP contribution in [0.3, 0.4) is 0 Å². The van der Waals surface area contributed by atoms with E-state index in [2.05, 4.69) is 6.58 Å². The van der Waals surface area contributed by atoms with Crippen molar-refractivity contribution >= 4 is 5.97 Å². The lowest BCUT2D eigenvalue weighted by Crippen LogP contribution is -2.45. The smallest absolute Gasteiger partial charge is 0.333 e. The minimum absolute atomic E-state index is 0.0233. The van der Waals surface area contributed by atoms with Gasteiger partial charge >= 0.3 is 11.9 Å². The number of esters is 1. The Morgan fingerprint density at radius 1 is 1.10 bits per heavy atom. The molecule has 0 aliphatic heterocycles. The number of carbonyl (C=O) groups is 1. The average Bonchev–Trinajstić information content (AvgIpc) is 2.41. The lowest BCUT2D eigenvalue weighted by Gasteiger charge is -2.32. The lowest BCUT2D eigenvalue weighted by molar-refractivity contribution is -0.395. The van der Waals surface area contributed by atoms with Gasteiger partial charge in [-0.05, 0) is 34.6 Å². The Bertz CT molecular complexity index is 307. The second-order valence-electron chi connectivity index (χ2n) is 4.67. The third-order valence-corrected chi connectivity index (χ3v) is 2.31. The highest BCUT2D eigenvalue weighted by Gasteiger charge is 2.34. The van der Waals surface area contributed by atoms with Crippen molar-refractivity contribution in [3.05, 3.63) is 12.2 Å². The summed E-state index contributed by atoms with van der Waals surface area (Å²) in [6.07, 6.45) is 0.0233. The maximum atomic E-state index is 11.3. The van der Waals surface area contributed by atoms with Gasteiger partial charge in [0.15, 0.2) is 0 Å². The molecule has 0 aliphatic rings. The van der Waals surface area contributed by atoms with E-state index in [1.807, 2.05) is 27.7 Å². The normalized spacial score (nSPS) is 11.7. The van der Waals surface area contributed by atoms with Crippen LogP contribution in [0.5, 0.6) is 0 Å². The molecule has 0 fully saturated rings. The van der Waals surface area contributed by atoms with Gasteiger partial charge in [0.05, 0.1) is 12.7 Å². The number of hydrogen-bond donors (Lipinski definition) is 0. The van der Waals surface area contributed by atoms with E-state index in [0.29, 0.717) is 18.8 Å². The van der Waals surface area contributed by atoms with Gasteiger partial charge in [0.2, 0.25) is 0 Å². The molecule has 0 aliphatic carbocycles. The van der Waals surface area contributed by atoms with Gasteiger partial charge in [-0.25, -0.2) is 4.79 Å². The van der Waals surface area contributed by atoms with Crippen LogP contribution < -0.4 is 0 Å². The molecule has 124 valence electrons. The Hall–Kier alpha value is -0.950. The van der Waals surface area contributed by atoms with E-state index in [1.54, 1.807) is 6.92 Å². The Morgan fingerprint density at radius 2 is 1.67 bits per heavy atom. The lowest BCUT2D eigenvalue weighted by atomic mass is 10.4. The van der Waals surface area contributed by atoms with E-state index in [0.717, 1.165) is 0 Å². The van der Waals surface area contributed by atoms with Gasteiger partial charge in [0, 0.05) is 18.8 Å². The van der Waals surface area contributed by atoms with Crippen molar-refractivity contribution in [1.29, 1.82) is 0 Å². The topological polar surface area (TPSA) is 63.2 Å². The molecule has 0 aromatic heterocycles. The molecule has 6 nitrogen and oxygen atoms in total. The molecule has 0 rings (SSSR count). The predicted molar refractivity (Wildman–Crippen MR) is 78.8 cm³/mol. The predicted octanol–water partition coefficient (Wildman–Crippen LogP) is 2.27. The van der Waals surface area contributed by atoms with Crippen LogP contribution in [0, 0.1) is 0 Å². The fraction of sp³-hybridized carbons (Fsp3) is 0.800. The summed E-state index contributed by atoms with van der Waals surface area (Å²) in [7, 11) is 0. The van der Waals surface area contributed by atoms with Gasteiger partial charge in [-0.2, -0.15) is 0 Å². The second-order valence-corrected chi connectivity index (χ2v) is 4.67. The molecule has 0 heterocycles. The van der Waals surface area contributed by atoms with E-state index in [1.165, 1.54) is 0 Å². The minimum atomic E-state index is -1.27. The molecule has 0 N–H and O–H groups in total. The quantitative estimate of drug-likeness (QED) is 0.238. The van der Waals surface area contributed by atoms with Crippen LogP contribution in [0.25, 0.3) is 0 Å². The van der Waals surface area contributed by atoms with Gasteiger partial charge in [0.25, 0.3) is 0 Å². The highest BCUT2D eigenvalue weighted by molar-refractivity contribution is 5.86. The van der Waals surface area contributed by atoms with Gasteiger partial charge in [-0.15, -0.1) is 0 Å². The van der Waals surface area contributed by atoms with Crippen molar-refractivity contribution in [1.82, 2.24) is 0 Å². The largest absolute Gasteiger partial charge is 0.460 e. The third kappa shape index (κ3) is 8.83. The zero-order chi connectivity index (χ0) is 16.3. The standard InChI is InChI=1S/C15H28O6/c1-7-19-15(20-8-2,11-18-13(5)6)21-10-9-17-14(16)12(3)4/h13H,3,7-11H2,1-2,4-6H3. The molecule has 0 amide bonds. The maximum Gasteiger partial charge on any atom is 0.333 e. The number of rotatable bonds is 12. The number of ether oxygens (including phenoxy) is 5. The summed E-state index contributed by atoms with van der Waals surface area (Å²) in [6, 6.07) is 0. The van der Waals surface area contributed by atoms with Gasteiger partial charge in [0.1, 0.15) is 13.2 Å². The van der Waals surface area contributed by atoms with Crippen molar-refractivity contribution in [3.63, 3.8) is 0 Å². The molecule has 0 radical (unpaired) electrons. The van der Waals surface area contributed by atoms with Crippen LogP contribution in [0.15, 0.2) is 12.2 Å². The van der Waals surface area contributed by atoms with E-state index in [-0.39, 0.29) is 25.9 Å². The van der Waals surface area contributed by atoms with Gasteiger partial charge in [-0.1, -0.05) is 6.58 Å². The van der Waals surface area contributed by atoms with Crippen molar-refractivity contribution in [2.24, 2.45) is 0 Å². The van der Waals surface area contributed by atoms with Crippen LogP contribution >= 0.6 is 0 Å². The first kappa shape index (κ1) is 20.1. The molecule has 6 heteroatoms. The first-order chi connectivity index (χ1) is 9.87. The van der Waals surface area contributed by atoms with Crippen LogP contribution in [0.1, 0.15) is 34.6 Å². The molecule has 0 saturated heterocycles. The van der Waals surface area contributed by atoms with Crippen LogP contribution in [-0.4, -0.2) is 51.1 Å². The summed E-state index contributed by atoms with van der Waals surface area (Å²) in [5, 5.41) is 0. The van der Waals surface area contributed by atoms with Crippen LogP contribution in [0.2, 0.25) is 0 Å². The number of hydrogen-bond acceptors (Lipinski definition) is 6. The summed E-state index contributed by atoms with van der Waals surface area (Å²) in [5.74, 6) is -1.72. The van der Waals surface area contributed by atoms with Crippen molar-refractivity contribution in [3.8, 4) is 0 Å². The SMILES string of the molecule is C=C(C)C(=O)OCCOC(COC(C)C)(OCC)OCC. The maximum absolute atomic E-state index is 11.3. The highest BCUT2D eigenvalue weighted by Crippen LogP contribution is 2.17. The fourth-order valence-electron chi connectivity index (χ4n) is 1.41. The first-order valence-corrected chi connectivity index (χ1v) is 7.23. The molecule has 0 aromatic rings. The summed E-state index contributed by atoms with van der Waals surface area (Å²) < 4.78 is 27.2.